The lowest BCUT2D eigenvalue weighted by Crippen LogP contribution is -2.52. The molecule has 2 aliphatic rings. The second kappa shape index (κ2) is 6.73. The van der Waals surface area contributed by atoms with Crippen LogP contribution in [0.5, 0.6) is 0 Å². The van der Waals surface area contributed by atoms with Gasteiger partial charge in [-0.2, -0.15) is 0 Å². The number of hydrogen-bond donors (Lipinski definition) is 1. The number of carbonyl (C=O) groups excluding carboxylic acids is 2. The summed E-state index contributed by atoms with van der Waals surface area (Å²) in [7, 11) is 0. The Hall–Kier alpha value is -1.59. The average molecular weight is 350 g/mol. The van der Waals surface area contributed by atoms with Crippen molar-refractivity contribution in [1.82, 2.24) is 9.80 Å². The lowest BCUT2D eigenvalue weighted by atomic mass is 10.0. The van der Waals surface area contributed by atoms with E-state index in [-0.39, 0.29) is 11.8 Å². The summed E-state index contributed by atoms with van der Waals surface area (Å²) in [6.07, 6.45) is 1.26. The van der Waals surface area contributed by atoms with Crippen LogP contribution in [0.1, 0.15) is 25.3 Å². The second-order valence-electron chi connectivity index (χ2n) is 6.68. The molecular formula is C18H24ClN3O2. The first-order chi connectivity index (χ1) is 11.5. The summed E-state index contributed by atoms with van der Waals surface area (Å²) in [6.45, 7) is 8.17. The van der Waals surface area contributed by atoms with Crippen molar-refractivity contribution in [3.05, 3.63) is 28.8 Å². The van der Waals surface area contributed by atoms with Gasteiger partial charge in [0, 0.05) is 36.9 Å². The number of likely N-dealkylation sites (N-methyl/N-ethyl adjacent to an activating group) is 1. The molecule has 2 amide bonds. The Bertz CT molecular complexity index is 650. The highest BCUT2D eigenvalue weighted by Crippen LogP contribution is 2.48. The van der Waals surface area contributed by atoms with Crippen molar-refractivity contribution >= 4 is 29.1 Å². The van der Waals surface area contributed by atoms with Gasteiger partial charge in [0.2, 0.25) is 11.8 Å². The lowest BCUT2D eigenvalue weighted by Gasteiger charge is -2.35. The Morgan fingerprint density at radius 3 is 2.46 bits per heavy atom. The van der Waals surface area contributed by atoms with Crippen molar-refractivity contribution in [2.24, 2.45) is 5.41 Å². The number of nitrogens with one attached hydrogen (secondary N) is 1. The van der Waals surface area contributed by atoms with Crippen LogP contribution in [0.2, 0.25) is 5.02 Å². The smallest absolute Gasteiger partial charge is 0.240 e. The number of carbonyl (C=O) groups is 2. The zero-order valence-electron chi connectivity index (χ0n) is 14.3. The molecular weight excluding hydrogens is 326 g/mol. The topological polar surface area (TPSA) is 52.7 Å². The maximum Gasteiger partial charge on any atom is 0.240 e. The fourth-order valence-electron chi connectivity index (χ4n) is 3.22. The fraction of sp³-hybridized carbons (Fsp3) is 0.556. The maximum absolute atomic E-state index is 12.9. The van der Waals surface area contributed by atoms with Crippen LogP contribution in [-0.4, -0.2) is 54.3 Å². The molecule has 3 rings (SSSR count). The predicted molar refractivity (Wildman–Crippen MR) is 95.2 cm³/mol. The summed E-state index contributed by atoms with van der Waals surface area (Å²) in [6, 6.07) is 5.41. The summed E-state index contributed by atoms with van der Waals surface area (Å²) in [5.74, 6) is -0.216. The number of anilines is 1. The van der Waals surface area contributed by atoms with Gasteiger partial charge in [-0.15, -0.1) is 0 Å². The number of amides is 2. The number of halogens is 1. The van der Waals surface area contributed by atoms with Gasteiger partial charge in [0.15, 0.2) is 0 Å². The van der Waals surface area contributed by atoms with E-state index in [0.717, 1.165) is 25.2 Å². The zero-order valence-corrected chi connectivity index (χ0v) is 15.0. The van der Waals surface area contributed by atoms with Gasteiger partial charge in [-0.05, 0) is 44.0 Å². The first kappa shape index (κ1) is 17.2. The third-order valence-electron chi connectivity index (χ3n) is 5.22. The second-order valence-corrected chi connectivity index (χ2v) is 7.08. The van der Waals surface area contributed by atoms with E-state index < -0.39 is 5.41 Å². The molecule has 1 aromatic carbocycles. The van der Waals surface area contributed by atoms with Crippen LogP contribution >= 0.6 is 11.6 Å². The number of piperazine rings is 1. The third-order valence-corrected chi connectivity index (χ3v) is 5.63. The van der Waals surface area contributed by atoms with Crippen molar-refractivity contribution in [1.29, 1.82) is 0 Å². The molecule has 0 radical (unpaired) electrons. The molecule has 24 heavy (non-hydrogen) atoms. The monoisotopic (exact) mass is 349 g/mol. The summed E-state index contributed by atoms with van der Waals surface area (Å²) in [5.41, 5.74) is 0.637. The van der Waals surface area contributed by atoms with Gasteiger partial charge in [-0.25, -0.2) is 0 Å². The Labute approximate surface area is 147 Å². The van der Waals surface area contributed by atoms with E-state index in [1.807, 2.05) is 17.9 Å². The van der Waals surface area contributed by atoms with Crippen LogP contribution < -0.4 is 5.32 Å². The average Bonchev–Trinajstić information content (AvgIpc) is 3.40. The van der Waals surface area contributed by atoms with Gasteiger partial charge in [0.25, 0.3) is 0 Å². The Morgan fingerprint density at radius 1 is 1.21 bits per heavy atom. The molecule has 0 atom stereocenters. The molecule has 0 spiro atoms. The van der Waals surface area contributed by atoms with Crippen LogP contribution in [-0.2, 0) is 9.59 Å². The normalized spacial score (nSPS) is 19.9. The van der Waals surface area contributed by atoms with Gasteiger partial charge in [-0.1, -0.05) is 24.6 Å². The van der Waals surface area contributed by atoms with Crippen molar-refractivity contribution in [3.8, 4) is 0 Å². The molecule has 1 saturated carbocycles. The zero-order chi connectivity index (χ0) is 17.3. The lowest BCUT2D eigenvalue weighted by molar-refractivity contribution is -0.143. The molecule has 1 aromatic rings. The fourth-order valence-corrected chi connectivity index (χ4v) is 3.39. The van der Waals surface area contributed by atoms with Crippen LogP contribution in [0.3, 0.4) is 0 Å². The van der Waals surface area contributed by atoms with Crippen LogP contribution in [0.4, 0.5) is 5.69 Å². The van der Waals surface area contributed by atoms with Crippen LogP contribution in [0, 0.1) is 12.3 Å². The highest BCUT2D eigenvalue weighted by molar-refractivity contribution is 6.31. The molecule has 1 N–H and O–H groups in total. The summed E-state index contributed by atoms with van der Waals surface area (Å²) in [5, 5.41) is 3.52. The molecule has 1 aliphatic heterocycles. The minimum atomic E-state index is -0.872. The highest BCUT2D eigenvalue weighted by atomic mass is 35.5. The quantitative estimate of drug-likeness (QED) is 0.850. The van der Waals surface area contributed by atoms with E-state index in [9.17, 15) is 9.59 Å². The summed E-state index contributed by atoms with van der Waals surface area (Å²) in [4.78, 5) is 29.8. The summed E-state index contributed by atoms with van der Waals surface area (Å²) >= 11 is 6.11. The molecule has 6 heteroatoms. The number of benzene rings is 1. The molecule has 1 heterocycles. The van der Waals surface area contributed by atoms with Crippen molar-refractivity contribution in [2.75, 3.05) is 38.0 Å². The largest absolute Gasteiger partial charge is 0.339 e. The molecule has 0 unspecified atom stereocenters. The number of nitrogens with zero attached hydrogens (tertiary/aromatic N) is 2. The van der Waals surface area contributed by atoms with Gasteiger partial charge in [0.1, 0.15) is 5.41 Å². The van der Waals surface area contributed by atoms with Crippen LogP contribution in [0.15, 0.2) is 18.2 Å². The first-order valence-electron chi connectivity index (χ1n) is 8.56. The van der Waals surface area contributed by atoms with Crippen molar-refractivity contribution < 1.29 is 9.59 Å². The van der Waals surface area contributed by atoms with E-state index in [2.05, 4.69) is 17.1 Å². The maximum atomic E-state index is 12.9. The predicted octanol–water partition coefficient (Wildman–Crippen LogP) is 2.53. The van der Waals surface area contributed by atoms with Gasteiger partial charge >= 0.3 is 0 Å². The SMILES string of the molecule is CCN1CCN(C(=O)C2(C(=O)Nc3cccc(Cl)c3C)CC2)CC1. The molecule has 5 nitrogen and oxygen atoms in total. The van der Waals surface area contributed by atoms with E-state index in [1.165, 1.54) is 0 Å². The van der Waals surface area contributed by atoms with E-state index in [4.69, 9.17) is 11.6 Å². The Balaban J connectivity index is 1.68. The van der Waals surface area contributed by atoms with E-state index >= 15 is 0 Å². The first-order valence-corrected chi connectivity index (χ1v) is 8.94. The van der Waals surface area contributed by atoms with Crippen LogP contribution in [0.25, 0.3) is 0 Å². The summed E-state index contributed by atoms with van der Waals surface area (Å²) < 4.78 is 0. The molecule has 2 fully saturated rings. The molecule has 0 bridgehead atoms. The molecule has 1 aliphatic carbocycles. The van der Waals surface area contributed by atoms with Crippen molar-refractivity contribution in [3.63, 3.8) is 0 Å². The highest BCUT2D eigenvalue weighted by Gasteiger charge is 2.58. The minimum Gasteiger partial charge on any atom is -0.339 e. The minimum absolute atomic E-state index is 0.0181. The standard InChI is InChI=1S/C18H24ClN3O2/c1-3-21-9-11-22(12-10-21)17(24)18(7-8-18)16(23)20-15-6-4-5-14(19)13(15)2/h4-6H,3,7-12H2,1-2H3,(H,20,23). The molecule has 1 saturated heterocycles. The Kier molecular flexibility index (Phi) is 4.83. The van der Waals surface area contributed by atoms with Gasteiger partial charge < -0.3 is 15.1 Å². The number of hydrogen-bond acceptors (Lipinski definition) is 3. The number of rotatable bonds is 4. The van der Waals surface area contributed by atoms with Gasteiger partial charge in [0.05, 0.1) is 0 Å². The third kappa shape index (κ3) is 3.15. The van der Waals surface area contributed by atoms with E-state index in [1.54, 1.807) is 12.1 Å². The van der Waals surface area contributed by atoms with Gasteiger partial charge in [-0.3, -0.25) is 9.59 Å². The Morgan fingerprint density at radius 2 is 1.88 bits per heavy atom. The molecule has 0 aromatic heterocycles. The van der Waals surface area contributed by atoms with Crippen molar-refractivity contribution in [2.45, 2.75) is 26.7 Å². The van der Waals surface area contributed by atoms with E-state index in [0.29, 0.717) is 36.6 Å². The molecule has 130 valence electrons.